The minimum absolute atomic E-state index is 0.0397. The van der Waals surface area contributed by atoms with E-state index < -0.39 is 0 Å². The molecule has 1 heterocycles. The monoisotopic (exact) mass is 232 g/mol. The Balaban J connectivity index is 3.17. The molecule has 0 radical (unpaired) electrons. The van der Waals surface area contributed by atoms with Crippen LogP contribution in [0, 0.1) is 25.2 Å². The summed E-state index contributed by atoms with van der Waals surface area (Å²) in [5.74, 6) is 0.599. The molecule has 0 spiro atoms. The fourth-order valence-corrected chi connectivity index (χ4v) is 1.55. The van der Waals surface area contributed by atoms with Crippen LogP contribution in [0.4, 0.5) is 5.82 Å². The van der Waals surface area contributed by atoms with Crippen molar-refractivity contribution >= 4 is 5.82 Å². The quantitative estimate of drug-likeness (QED) is 0.867. The van der Waals surface area contributed by atoms with E-state index in [0.717, 1.165) is 24.1 Å². The van der Waals surface area contributed by atoms with Gasteiger partial charge in [-0.05, 0) is 39.2 Å². The van der Waals surface area contributed by atoms with Crippen LogP contribution in [0.25, 0.3) is 0 Å². The third-order valence-electron chi connectivity index (χ3n) is 3.55. The lowest BCUT2D eigenvalue weighted by Crippen LogP contribution is -2.34. The first-order chi connectivity index (χ1) is 7.97. The van der Waals surface area contributed by atoms with Gasteiger partial charge in [-0.3, -0.25) is 0 Å². The molecular weight excluding hydrogens is 212 g/mol. The molecule has 0 saturated heterocycles. The smallest absolute Gasteiger partial charge is 0.167 e. The Morgan fingerprint density at radius 1 is 1.24 bits per heavy atom. The SMILES string of the molecule is CCC(C)(CC)Nc1nnc(C)c(C)c1C#N. The lowest BCUT2D eigenvalue weighted by atomic mass is 9.95. The first-order valence-electron chi connectivity index (χ1n) is 5.99. The number of anilines is 1. The van der Waals surface area contributed by atoms with E-state index in [4.69, 9.17) is 0 Å². The number of nitrogens with zero attached hydrogens (tertiary/aromatic N) is 3. The van der Waals surface area contributed by atoms with Crippen LogP contribution in [0.1, 0.15) is 50.4 Å². The maximum Gasteiger partial charge on any atom is 0.167 e. The second-order valence-corrected chi connectivity index (χ2v) is 4.64. The van der Waals surface area contributed by atoms with E-state index in [-0.39, 0.29) is 5.54 Å². The van der Waals surface area contributed by atoms with Crippen molar-refractivity contribution in [3.8, 4) is 6.07 Å². The van der Waals surface area contributed by atoms with E-state index in [2.05, 4.69) is 42.4 Å². The van der Waals surface area contributed by atoms with Crippen molar-refractivity contribution in [3.63, 3.8) is 0 Å². The first-order valence-corrected chi connectivity index (χ1v) is 5.99. The van der Waals surface area contributed by atoms with Crippen molar-refractivity contribution < 1.29 is 0 Å². The van der Waals surface area contributed by atoms with Gasteiger partial charge in [0.2, 0.25) is 0 Å². The molecule has 0 aliphatic carbocycles. The molecule has 1 rings (SSSR count). The average Bonchev–Trinajstić information content (AvgIpc) is 2.34. The van der Waals surface area contributed by atoms with Crippen LogP contribution < -0.4 is 5.32 Å². The molecule has 0 aliphatic rings. The molecule has 0 aliphatic heterocycles. The second kappa shape index (κ2) is 5.13. The van der Waals surface area contributed by atoms with E-state index in [1.165, 1.54) is 0 Å². The summed E-state index contributed by atoms with van der Waals surface area (Å²) in [5.41, 5.74) is 2.27. The summed E-state index contributed by atoms with van der Waals surface area (Å²) < 4.78 is 0. The molecule has 0 unspecified atom stereocenters. The zero-order valence-electron chi connectivity index (χ0n) is 11.3. The van der Waals surface area contributed by atoms with Gasteiger partial charge in [-0.1, -0.05) is 13.8 Å². The molecule has 92 valence electrons. The third-order valence-corrected chi connectivity index (χ3v) is 3.55. The normalized spacial score (nSPS) is 11.1. The highest BCUT2D eigenvalue weighted by atomic mass is 15.2. The molecule has 4 nitrogen and oxygen atoms in total. The maximum absolute atomic E-state index is 9.21. The summed E-state index contributed by atoms with van der Waals surface area (Å²) in [6.07, 6.45) is 1.95. The molecule has 1 aromatic rings. The number of aromatic nitrogens is 2. The Labute approximate surface area is 103 Å². The molecule has 0 amide bonds. The molecule has 1 aromatic heterocycles. The maximum atomic E-state index is 9.21. The Hall–Kier alpha value is -1.63. The number of rotatable bonds is 4. The van der Waals surface area contributed by atoms with E-state index in [0.29, 0.717) is 11.4 Å². The predicted octanol–water partition coefficient (Wildman–Crippen LogP) is 2.96. The summed E-state index contributed by atoms with van der Waals surface area (Å²) in [5, 5.41) is 20.7. The number of aryl methyl sites for hydroxylation is 1. The highest BCUT2D eigenvalue weighted by molar-refractivity contribution is 5.56. The van der Waals surface area contributed by atoms with Gasteiger partial charge in [-0.25, -0.2) is 0 Å². The van der Waals surface area contributed by atoms with Gasteiger partial charge in [-0.15, -0.1) is 5.10 Å². The summed E-state index contributed by atoms with van der Waals surface area (Å²) in [6, 6.07) is 2.21. The van der Waals surface area contributed by atoms with Crippen LogP contribution >= 0.6 is 0 Å². The number of nitriles is 1. The Kier molecular flexibility index (Phi) is 4.06. The van der Waals surface area contributed by atoms with Gasteiger partial charge in [0.15, 0.2) is 5.82 Å². The standard InChI is InChI=1S/C13H20N4/c1-6-13(5,7-2)15-12-11(8-14)9(3)10(4)16-17-12/h6-7H2,1-5H3,(H,15,17). The summed E-state index contributed by atoms with van der Waals surface area (Å²) >= 11 is 0. The van der Waals surface area contributed by atoms with E-state index in [9.17, 15) is 5.26 Å². The van der Waals surface area contributed by atoms with Crippen molar-refractivity contribution in [3.05, 3.63) is 16.8 Å². The van der Waals surface area contributed by atoms with E-state index >= 15 is 0 Å². The number of hydrogen-bond donors (Lipinski definition) is 1. The summed E-state index contributed by atoms with van der Waals surface area (Å²) in [6.45, 7) is 10.1. The third kappa shape index (κ3) is 2.73. The van der Waals surface area contributed by atoms with Gasteiger partial charge in [0.05, 0.1) is 5.69 Å². The van der Waals surface area contributed by atoms with Crippen molar-refractivity contribution in [2.75, 3.05) is 5.32 Å². The van der Waals surface area contributed by atoms with Gasteiger partial charge in [0.1, 0.15) is 11.6 Å². The zero-order valence-corrected chi connectivity index (χ0v) is 11.3. The Morgan fingerprint density at radius 3 is 2.29 bits per heavy atom. The fourth-order valence-electron chi connectivity index (χ4n) is 1.55. The van der Waals surface area contributed by atoms with Gasteiger partial charge in [-0.2, -0.15) is 10.4 Å². The zero-order chi connectivity index (χ0) is 13.1. The molecule has 0 aromatic carbocycles. The van der Waals surface area contributed by atoms with Crippen molar-refractivity contribution in [1.29, 1.82) is 5.26 Å². The Morgan fingerprint density at radius 2 is 1.82 bits per heavy atom. The Bertz CT molecular complexity index is 441. The molecule has 0 atom stereocenters. The first kappa shape index (κ1) is 13.4. The van der Waals surface area contributed by atoms with Crippen molar-refractivity contribution in [1.82, 2.24) is 10.2 Å². The van der Waals surface area contributed by atoms with Crippen LogP contribution in [-0.4, -0.2) is 15.7 Å². The summed E-state index contributed by atoms with van der Waals surface area (Å²) in [4.78, 5) is 0. The average molecular weight is 232 g/mol. The molecule has 0 saturated carbocycles. The van der Waals surface area contributed by atoms with Crippen molar-refractivity contribution in [2.45, 2.75) is 53.0 Å². The molecule has 4 heteroatoms. The molecule has 17 heavy (non-hydrogen) atoms. The van der Waals surface area contributed by atoms with Gasteiger partial charge < -0.3 is 5.32 Å². The molecule has 0 fully saturated rings. The van der Waals surface area contributed by atoms with Crippen LogP contribution in [0.3, 0.4) is 0 Å². The molecule has 1 N–H and O–H groups in total. The summed E-state index contributed by atoms with van der Waals surface area (Å²) in [7, 11) is 0. The minimum Gasteiger partial charge on any atom is -0.362 e. The number of nitrogens with one attached hydrogen (secondary N) is 1. The number of hydrogen-bond acceptors (Lipinski definition) is 4. The molecule has 0 bridgehead atoms. The minimum atomic E-state index is -0.0397. The topological polar surface area (TPSA) is 61.6 Å². The largest absolute Gasteiger partial charge is 0.362 e. The van der Waals surface area contributed by atoms with Crippen LogP contribution in [0.15, 0.2) is 0 Å². The van der Waals surface area contributed by atoms with Crippen LogP contribution in [0.2, 0.25) is 0 Å². The lowest BCUT2D eigenvalue weighted by Gasteiger charge is -2.29. The van der Waals surface area contributed by atoms with Crippen LogP contribution in [0.5, 0.6) is 0 Å². The molecular formula is C13H20N4. The van der Waals surface area contributed by atoms with Crippen LogP contribution in [-0.2, 0) is 0 Å². The highest BCUT2D eigenvalue weighted by Crippen LogP contribution is 2.24. The predicted molar refractivity (Wildman–Crippen MR) is 68.8 cm³/mol. The van der Waals surface area contributed by atoms with E-state index in [1.54, 1.807) is 0 Å². The van der Waals surface area contributed by atoms with E-state index in [1.807, 2.05) is 13.8 Å². The van der Waals surface area contributed by atoms with Gasteiger partial charge in [0.25, 0.3) is 0 Å². The van der Waals surface area contributed by atoms with Gasteiger partial charge >= 0.3 is 0 Å². The van der Waals surface area contributed by atoms with Crippen molar-refractivity contribution in [2.24, 2.45) is 0 Å². The lowest BCUT2D eigenvalue weighted by molar-refractivity contribution is 0.475. The fraction of sp³-hybridized carbons (Fsp3) is 0.615. The highest BCUT2D eigenvalue weighted by Gasteiger charge is 2.22. The second-order valence-electron chi connectivity index (χ2n) is 4.64. The van der Waals surface area contributed by atoms with Gasteiger partial charge in [0, 0.05) is 5.54 Å².